The number of benzene rings is 1. The fourth-order valence-corrected chi connectivity index (χ4v) is 6.10. The SMILES string of the molecule is C=CC1(CC)C2CN(/C(C)=N/C(=C\C)c3cc(C)ccc3C)CC23CC13. The molecular weight excluding hydrogens is 316 g/mol. The van der Waals surface area contributed by atoms with Gasteiger partial charge in [-0.3, -0.25) is 0 Å². The Morgan fingerprint density at radius 3 is 2.77 bits per heavy atom. The maximum Gasteiger partial charge on any atom is 0.102 e. The van der Waals surface area contributed by atoms with Crippen molar-refractivity contribution >= 4 is 11.5 Å². The Hall–Kier alpha value is -1.83. The first-order valence-corrected chi connectivity index (χ1v) is 10.1. The second kappa shape index (κ2) is 5.84. The molecule has 2 saturated carbocycles. The van der Waals surface area contributed by atoms with Crippen LogP contribution in [0.1, 0.15) is 50.3 Å². The fraction of sp³-hybridized carbons (Fsp3) is 0.542. The molecule has 0 bridgehead atoms. The average molecular weight is 349 g/mol. The minimum Gasteiger partial charge on any atom is -0.359 e. The summed E-state index contributed by atoms with van der Waals surface area (Å²) in [5.41, 5.74) is 5.90. The van der Waals surface area contributed by atoms with Gasteiger partial charge in [-0.25, -0.2) is 4.99 Å². The lowest BCUT2D eigenvalue weighted by atomic mass is 9.54. The molecule has 3 fully saturated rings. The molecule has 1 aromatic rings. The number of aliphatic imine (C=N–C) groups is 1. The van der Waals surface area contributed by atoms with E-state index in [1.54, 1.807) is 0 Å². The second-order valence-corrected chi connectivity index (χ2v) is 8.74. The standard InChI is InChI=1S/C24H32N2/c1-7-20(19-12-16(4)10-11-17(19)5)25-18(6)26-14-22-23(8-2,9-3)21-13-24(21,22)15-26/h7-8,10-12,21-22H,2,9,13-15H2,1,3-6H3/b20-7-,25-18+. The van der Waals surface area contributed by atoms with E-state index in [0.29, 0.717) is 10.8 Å². The zero-order valence-corrected chi connectivity index (χ0v) is 17.0. The fourth-order valence-electron chi connectivity index (χ4n) is 6.10. The number of hydrogen-bond donors (Lipinski definition) is 0. The summed E-state index contributed by atoms with van der Waals surface area (Å²) in [6, 6.07) is 6.62. The van der Waals surface area contributed by atoms with Gasteiger partial charge in [-0.05, 0) is 74.8 Å². The maximum atomic E-state index is 5.07. The van der Waals surface area contributed by atoms with Crippen LogP contribution in [-0.4, -0.2) is 23.8 Å². The van der Waals surface area contributed by atoms with E-state index in [1.807, 2.05) is 0 Å². The molecule has 2 heteroatoms. The van der Waals surface area contributed by atoms with Gasteiger partial charge in [0.15, 0.2) is 0 Å². The van der Waals surface area contributed by atoms with E-state index in [1.165, 1.54) is 41.9 Å². The van der Waals surface area contributed by atoms with Crippen molar-refractivity contribution in [2.45, 2.75) is 47.5 Å². The highest BCUT2D eigenvalue weighted by atomic mass is 15.3. The molecule has 0 N–H and O–H groups in total. The molecular formula is C24H32N2. The van der Waals surface area contributed by atoms with Gasteiger partial charge >= 0.3 is 0 Å². The van der Waals surface area contributed by atoms with Crippen LogP contribution in [0, 0.1) is 36.5 Å². The molecule has 0 radical (unpaired) electrons. The van der Waals surface area contributed by atoms with Crippen LogP contribution in [0.5, 0.6) is 0 Å². The topological polar surface area (TPSA) is 15.6 Å². The predicted molar refractivity (Wildman–Crippen MR) is 111 cm³/mol. The third kappa shape index (κ3) is 2.20. The van der Waals surface area contributed by atoms with Crippen LogP contribution in [0.2, 0.25) is 0 Å². The smallest absolute Gasteiger partial charge is 0.102 e. The summed E-state index contributed by atoms with van der Waals surface area (Å²) in [6.45, 7) is 17.5. The number of rotatable bonds is 4. The molecule has 26 heavy (non-hydrogen) atoms. The van der Waals surface area contributed by atoms with Crippen molar-refractivity contribution in [1.82, 2.24) is 4.90 Å². The first-order chi connectivity index (χ1) is 12.4. The van der Waals surface area contributed by atoms with E-state index in [4.69, 9.17) is 4.99 Å². The highest BCUT2D eigenvalue weighted by Gasteiger charge is 2.81. The minimum absolute atomic E-state index is 0.394. The summed E-state index contributed by atoms with van der Waals surface area (Å²) < 4.78 is 0. The summed E-state index contributed by atoms with van der Waals surface area (Å²) >= 11 is 0. The zero-order valence-electron chi connectivity index (χ0n) is 17.0. The Kier molecular flexibility index (Phi) is 3.95. The van der Waals surface area contributed by atoms with Gasteiger partial charge in [0.25, 0.3) is 0 Å². The third-order valence-electron chi connectivity index (χ3n) is 7.67. The summed E-state index contributed by atoms with van der Waals surface area (Å²) in [5, 5.41) is 0. The quantitative estimate of drug-likeness (QED) is 0.392. The molecule has 138 valence electrons. The summed E-state index contributed by atoms with van der Waals surface area (Å²) in [6.07, 6.45) is 7.06. The third-order valence-corrected chi connectivity index (χ3v) is 7.67. The van der Waals surface area contributed by atoms with Crippen molar-refractivity contribution in [3.63, 3.8) is 0 Å². The van der Waals surface area contributed by atoms with Gasteiger partial charge in [-0.15, -0.1) is 6.58 Å². The number of aryl methyl sites for hydroxylation is 2. The molecule has 0 aromatic heterocycles. The lowest BCUT2D eigenvalue weighted by Gasteiger charge is -2.49. The Morgan fingerprint density at radius 1 is 1.35 bits per heavy atom. The second-order valence-electron chi connectivity index (χ2n) is 8.74. The van der Waals surface area contributed by atoms with Crippen molar-refractivity contribution in [2.75, 3.05) is 13.1 Å². The van der Waals surface area contributed by atoms with Crippen LogP contribution < -0.4 is 0 Å². The molecule has 4 rings (SSSR count). The molecule has 1 spiro atoms. The van der Waals surface area contributed by atoms with Crippen LogP contribution in [0.15, 0.2) is 41.9 Å². The van der Waals surface area contributed by atoms with Gasteiger partial charge in [0.2, 0.25) is 0 Å². The minimum atomic E-state index is 0.394. The van der Waals surface area contributed by atoms with Crippen LogP contribution >= 0.6 is 0 Å². The summed E-state index contributed by atoms with van der Waals surface area (Å²) in [4.78, 5) is 7.61. The Bertz CT molecular complexity index is 817. The van der Waals surface area contributed by atoms with E-state index in [2.05, 4.69) is 76.4 Å². The molecule has 4 atom stereocenters. The van der Waals surface area contributed by atoms with E-state index in [9.17, 15) is 0 Å². The van der Waals surface area contributed by atoms with Crippen molar-refractivity contribution in [3.05, 3.63) is 53.6 Å². The zero-order chi connectivity index (χ0) is 18.7. The highest BCUT2D eigenvalue weighted by molar-refractivity contribution is 5.87. The Balaban J connectivity index is 1.58. The predicted octanol–water partition coefficient (Wildman–Crippen LogP) is 5.62. The molecule has 2 nitrogen and oxygen atoms in total. The van der Waals surface area contributed by atoms with Crippen LogP contribution in [0.3, 0.4) is 0 Å². The monoisotopic (exact) mass is 348 g/mol. The lowest BCUT2D eigenvalue weighted by Crippen LogP contribution is -2.47. The van der Waals surface area contributed by atoms with Gasteiger partial charge in [0.05, 0.1) is 5.70 Å². The van der Waals surface area contributed by atoms with Crippen molar-refractivity contribution in [1.29, 1.82) is 0 Å². The number of hydrogen-bond acceptors (Lipinski definition) is 1. The Labute approximate surface area is 158 Å². The summed E-state index contributed by atoms with van der Waals surface area (Å²) in [5.74, 6) is 2.82. The largest absolute Gasteiger partial charge is 0.359 e. The summed E-state index contributed by atoms with van der Waals surface area (Å²) in [7, 11) is 0. The molecule has 0 amide bonds. The van der Waals surface area contributed by atoms with Gasteiger partial charge < -0.3 is 4.90 Å². The number of likely N-dealkylation sites (tertiary alicyclic amines) is 1. The molecule has 1 heterocycles. The van der Waals surface area contributed by atoms with Gasteiger partial charge in [0.1, 0.15) is 5.84 Å². The van der Waals surface area contributed by atoms with E-state index in [0.717, 1.165) is 24.1 Å². The molecule has 4 unspecified atom stereocenters. The first kappa shape index (κ1) is 17.6. The first-order valence-electron chi connectivity index (χ1n) is 10.1. The molecule has 1 saturated heterocycles. The van der Waals surface area contributed by atoms with E-state index < -0.39 is 0 Å². The van der Waals surface area contributed by atoms with Gasteiger partial charge in [-0.1, -0.05) is 36.8 Å². The Morgan fingerprint density at radius 2 is 2.12 bits per heavy atom. The lowest BCUT2D eigenvalue weighted by molar-refractivity contribution is 0.0260. The molecule has 3 aliphatic rings. The number of allylic oxidation sites excluding steroid dienone is 2. The molecule has 1 aliphatic heterocycles. The van der Waals surface area contributed by atoms with Crippen molar-refractivity contribution in [2.24, 2.45) is 27.7 Å². The van der Waals surface area contributed by atoms with E-state index in [-0.39, 0.29) is 0 Å². The van der Waals surface area contributed by atoms with Crippen molar-refractivity contribution < 1.29 is 0 Å². The normalized spacial score (nSPS) is 35.7. The average Bonchev–Trinajstić information content (AvgIpc) is 3.15. The van der Waals surface area contributed by atoms with Crippen LogP contribution in [-0.2, 0) is 0 Å². The van der Waals surface area contributed by atoms with Gasteiger partial charge in [0, 0.05) is 18.7 Å². The highest BCUT2D eigenvalue weighted by Crippen LogP contribution is 2.83. The molecule has 1 aromatic carbocycles. The molecule has 2 aliphatic carbocycles. The van der Waals surface area contributed by atoms with Crippen LogP contribution in [0.4, 0.5) is 0 Å². The maximum absolute atomic E-state index is 5.07. The number of nitrogens with zero attached hydrogens (tertiary/aromatic N) is 2. The van der Waals surface area contributed by atoms with Crippen LogP contribution in [0.25, 0.3) is 5.70 Å². The number of amidine groups is 1. The van der Waals surface area contributed by atoms with Gasteiger partial charge in [-0.2, -0.15) is 0 Å². The van der Waals surface area contributed by atoms with Crippen molar-refractivity contribution in [3.8, 4) is 0 Å². The van der Waals surface area contributed by atoms with E-state index >= 15 is 0 Å².